The Morgan fingerprint density at radius 3 is 1.79 bits per heavy atom. The van der Waals surface area contributed by atoms with Crippen LogP contribution in [0.2, 0.25) is 0 Å². The second kappa shape index (κ2) is 9.68. The number of hydrogen-bond acceptors (Lipinski definition) is 4. The van der Waals surface area contributed by atoms with Gasteiger partial charge in [0.05, 0.1) is 23.3 Å². The largest absolute Gasteiger partial charge is 0.192 e. The Kier molecular flexibility index (Phi) is 5.66. The van der Waals surface area contributed by atoms with Crippen LogP contribution >= 0.6 is 22.7 Å². The Morgan fingerprint density at radius 2 is 1.02 bits per heavy atom. The molecule has 42 heavy (non-hydrogen) atoms. The fourth-order valence-electron chi connectivity index (χ4n) is 6.02. The predicted octanol–water partition coefficient (Wildman–Crippen LogP) is 11.2. The maximum absolute atomic E-state index is 10.0. The fraction of sp³-hybridized carbons (Fsp3) is 0. The Balaban J connectivity index is 1.43. The van der Waals surface area contributed by atoms with Gasteiger partial charge in [0, 0.05) is 45.9 Å². The van der Waals surface area contributed by atoms with Crippen molar-refractivity contribution >= 4 is 63.0 Å². The van der Waals surface area contributed by atoms with Gasteiger partial charge < -0.3 is 0 Å². The van der Waals surface area contributed by atoms with Crippen LogP contribution in [0.3, 0.4) is 0 Å². The summed E-state index contributed by atoms with van der Waals surface area (Å²) in [5, 5.41) is 25.1. The van der Waals surface area contributed by atoms with Crippen LogP contribution in [-0.4, -0.2) is 0 Å². The first-order valence-electron chi connectivity index (χ1n) is 13.6. The third kappa shape index (κ3) is 3.82. The van der Waals surface area contributed by atoms with Crippen molar-refractivity contribution in [1.82, 2.24) is 0 Å². The molecular formula is C38H20N2S2. The molecule has 2 heterocycles. The molecule has 194 valence electrons. The lowest BCUT2D eigenvalue weighted by atomic mass is 9.89. The SMILES string of the molecule is N#Cc1cccc(C#N)c1-c1cc(-c2ccc3sc4ccccc4c3c2)cc(-c2cccc3c2sc2ccccc23)c1. The third-order valence-electron chi connectivity index (χ3n) is 7.95. The summed E-state index contributed by atoms with van der Waals surface area (Å²) in [6.45, 7) is 0. The van der Waals surface area contributed by atoms with Gasteiger partial charge in [-0.1, -0.05) is 66.7 Å². The summed E-state index contributed by atoms with van der Waals surface area (Å²) in [5.41, 5.74) is 6.90. The topological polar surface area (TPSA) is 47.6 Å². The van der Waals surface area contributed by atoms with Gasteiger partial charge >= 0.3 is 0 Å². The van der Waals surface area contributed by atoms with Crippen LogP contribution in [0.5, 0.6) is 0 Å². The van der Waals surface area contributed by atoms with Crippen molar-refractivity contribution in [2.45, 2.75) is 0 Å². The summed E-state index contributed by atoms with van der Waals surface area (Å²) >= 11 is 3.61. The smallest absolute Gasteiger partial charge is 0.0998 e. The van der Waals surface area contributed by atoms with Gasteiger partial charge in [0.15, 0.2) is 0 Å². The van der Waals surface area contributed by atoms with Gasteiger partial charge in [-0.15, -0.1) is 22.7 Å². The first-order valence-corrected chi connectivity index (χ1v) is 15.3. The summed E-state index contributed by atoms with van der Waals surface area (Å²) in [7, 11) is 0. The summed E-state index contributed by atoms with van der Waals surface area (Å²) < 4.78 is 5.02. The van der Waals surface area contributed by atoms with Crippen LogP contribution in [-0.2, 0) is 0 Å². The second-order valence-electron chi connectivity index (χ2n) is 10.3. The van der Waals surface area contributed by atoms with Gasteiger partial charge in [0.25, 0.3) is 0 Å². The highest BCUT2D eigenvalue weighted by molar-refractivity contribution is 7.26. The van der Waals surface area contributed by atoms with E-state index in [9.17, 15) is 10.5 Å². The number of nitrogens with zero attached hydrogens (tertiary/aromatic N) is 2. The molecule has 0 aliphatic carbocycles. The lowest BCUT2D eigenvalue weighted by molar-refractivity contribution is 1.44. The van der Waals surface area contributed by atoms with Crippen molar-refractivity contribution in [2.24, 2.45) is 0 Å². The summed E-state index contributed by atoms with van der Waals surface area (Å²) in [6.07, 6.45) is 0. The van der Waals surface area contributed by atoms with Crippen molar-refractivity contribution < 1.29 is 0 Å². The van der Waals surface area contributed by atoms with E-state index in [0.29, 0.717) is 16.7 Å². The normalized spacial score (nSPS) is 11.3. The molecule has 0 aliphatic heterocycles. The van der Waals surface area contributed by atoms with Gasteiger partial charge in [0.1, 0.15) is 0 Å². The average molecular weight is 569 g/mol. The van der Waals surface area contributed by atoms with E-state index in [1.807, 2.05) is 11.3 Å². The maximum Gasteiger partial charge on any atom is 0.0998 e. The molecule has 4 heteroatoms. The number of hydrogen-bond donors (Lipinski definition) is 0. The standard InChI is InChI=1S/C38H20N2S2/c39-21-24-7-5-8-25(22-40)37(24)28-18-26(23-15-16-36-33(20-23)31-10-2-3-13-34(31)41-36)17-27(19-28)29-11-6-12-32-30-9-1-4-14-35(30)42-38(29)32/h1-20H. The Bertz CT molecular complexity index is 2410. The molecule has 0 radical (unpaired) electrons. The summed E-state index contributed by atoms with van der Waals surface area (Å²) in [4.78, 5) is 0. The molecule has 2 aromatic heterocycles. The van der Waals surface area contributed by atoms with E-state index in [1.54, 1.807) is 29.5 Å². The molecule has 0 N–H and O–H groups in total. The van der Waals surface area contributed by atoms with Crippen molar-refractivity contribution in [3.8, 4) is 45.5 Å². The number of fused-ring (bicyclic) bond motifs is 6. The van der Waals surface area contributed by atoms with Crippen LogP contribution in [0, 0.1) is 22.7 Å². The fourth-order valence-corrected chi connectivity index (χ4v) is 8.35. The van der Waals surface area contributed by atoms with Crippen molar-refractivity contribution in [3.63, 3.8) is 0 Å². The van der Waals surface area contributed by atoms with Gasteiger partial charge in [-0.3, -0.25) is 0 Å². The quantitative estimate of drug-likeness (QED) is 0.213. The summed E-state index contributed by atoms with van der Waals surface area (Å²) in [6, 6.07) is 46.8. The highest BCUT2D eigenvalue weighted by Crippen LogP contribution is 2.43. The van der Waals surface area contributed by atoms with Crippen LogP contribution in [0.4, 0.5) is 0 Å². The molecule has 0 amide bonds. The third-order valence-corrected chi connectivity index (χ3v) is 10.3. The van der Waals surface area contributed by atoms with E-state index in [1.165, 1.54) is 40.3 Å². The first-order chi connectivity index (χ1) is 20.7. The van der Waals surface area contributed by atoms with Crippen molar-refractivity contribution in [2.75, 3.05) is 0 Å². The van der Waals surface area contributed by atoms with Crippen LogP contribution in [0.1, 0.15) is 11.1 Å². The molecule has 6 aromatic carbocycles. The average Bonchev–Trinajstić information content (AvgIpc) is 3.62. The molecule has 2 nitrogen and oxygen atoms in total. The van der Waals surface area contributed by atoms with Gasteiger partial charge in [-0.25, -0.2) is 0 Å². The van der Waals surface area contributed by atoms with E-state index >= 15 is 0 Å². The number of benzene rings is 6. The molecule has 0 aliphatic rings. The molecule has 8 aromatic rings. The Hall–Kier alpha value is -5.26. The second-order valence-corrected chi connectivity index (χ2v) is 12.5. The molecule has 0 saturated carbocycles. The van der Waals surface area contributed by atoms with E-state index in [-0.39, 0.29) is 0 Å². The lowest BCUT2D eigenvalue weighted by Gasteiger charge is -2.14. The van der Waals surface area contributed by atoms with Crippen LogP contribution in [0.15, 0.2) is 121 Å². The van der Waals surface area contributed by atoms with Gasteiger partial charge in [-0.05, 0) is 82.4 Å². The molecule has 0 fully saturated rings. The van der Waals surface area contributed by atoms with Gasteiger partial charge in [0.2, 0.25) is 0 Å². The molecule has 0 spiro atoms. The monoisotopic (exact) mass is 568 g/mol. The van der Waals surface area contributed by atoms with Crippen LogP contribution < -0.4 is 0 Å². The zero-order chi connectivity index (χ0) is 28.2. The van der Waals surface area contributed by atoms with Crippen molar-refractivity contribution in [3.05, 3.63) is 132 Å². The molecule has 0 unspecified atom stereocenters. The van der Waals surface area contributed by atoms with E-state index in [2.05, 4.69) is 115 Å². The minimum Gasteiger partial charge on any atom is -0.192 e. The zero-order valence-corrected chi connectivity index (χ0v) is 23.9. The number of rotatable bonds is 3. The highest BCUT2D eigenvalue weighted by Gasteiger charge is 2.17. The molecule has 0 saturated heterocycles. The van der Waals surface area contributed by atoms with E-state index < -0.39 is 0 Å². The first kappa shape index (κ1) is 24.5. The van der Waals surface area contributed by atoms with E-state index in [0.717, 1.165) is 27.8 Å². The lowest BCUT2D eigenvalue weighted by Crippen LogP contribution is -1.92. The Morgan fingerprint density at radius 1 is 0.429 bits per heavy atom. The zero-order valence-electron chi connectivity index (χ0n) is 22.3. The predicted molar refractivity (Wildman–Crippen MR) is 178 cm³/mol. The molecule has 8 rings (SSSR count). The molecular weight excluding hydrogens is 549 g/mol. The molecule has 0 bridgehead atoms. The number of thiophene rings is 2. The van der Waals surface area contributed by atoms with Crippen molar-refractivity contribution in [1.29, 1.82) is 10.5 Å². The number of nitriles is 2. The maximum atomic E-state index is 10.0. The van der Waals surface area contributed by atoms with Gasteiger partial charge in [-0.2, -0.15) is 10.5 Å². The summed E-state index contributed by atoms with van der Waals surface area (Å²) in [5.74, 6) is 0. The van der Waals surface area contributed by atoms with Crippen LogP contribution in [0.25, 0.3) is 73.7 Å². The highest BCUT2D eigenvalue weighted by atomic mass is 32.1. The minimum absolute atomic E-state index is 0.497. The Labute approximate surface area is 250 Å². The minimum atomic E-state index is 0.497. The molecule has 0 atom stereocenters. The van der Waals surface area contributed by atoms with E-state index in [4.69, 9.17) is 0 Å².